The van der Waals surface area contributed by atoms with Crippen molar-refractivity contribution < 1.29 is 23.7 Å². The van der Waals surface area contributed by atoms with Gasteiger partial charge in [-0.05, 0) is 36.4 Å². The summed E-state index contributed by atoms with van der Waals surface area (Å²) >= 11 is 0. The first kappa shape index (κ1) is 18.5. The fourth-order valence-corrected chi connectivity index (χ4v) is 2.12. The molecule has 0 unspecified atom stereocenters. The first-order chi connectivity index (χ1) is 13.5. The lowest BCUT2D eigenvalue weighted by molar-refractivity contribution is -0.385. The van der Waals surface area contributed by atoms with Gasteiger partial charge < -0.3 is 9.15 Å². The standard InChI is InChI=1S/C18H12N4O6/c23-17(13-5-7-19-8-6-13)21-20-11-12-3-4-15(14(10-12)22(25)26)28-18(24)16-2-1-9-27-16/h1-11H,(H,21,23)/b20-11-. The SMILES string of the molecule is O=C(N/N=C\c1ccc(OC(=O)c2ccco2)c([N+](=O)[O-])c1)c1ccncc1. The second kappa shape index (κ2) is 8.36. The number of nitro groups is 1. The van der Waals surface area contributed by atoms with Crippen LogP contribution in [0.3, 0.4) is 0 Å². The Morgan fingerprint density at radius 1 is 1.21 bits per heavy atom. The Bertz CT molecular complexity index is 1030. The van der Waals surface area contributed by atoms with Crippen molar-refractivity contribution in [2.75, 3.05) is 0 Å². The van der Waals surface area contributed by atoms with E-state index in [2.05, 4.69) is 15.5 Å². The third-order valence-electron chi connectivity index (χ3n) is 3.43. The zero-order chi connectivity index (χ0) is 19.9. The van der Waals surface area contributed by atoms with E-state index in [0.29, 0.717) is 11.1 Å². The van der Waals surface area contributed by atoms with Crippen molar-refractivity contribution in [3.05, 3.63) is 88.1 Å². The largest absolute Gasteiger partial charge is 0.457 e. The number of rotatable bonds is 6. The zero-order valence-corrected chi connectivity index (χ0v) is 14.1. The highest BCUT2D eigenvalue weighted by atomic mass is 16.6. The summed E-state index contributed by atoms with van der Waals surface area (Å²) < 4.78 is 9.91. The van der Waals surface area contributed by atoms with E-state index in [0.717, 1.165) is 6.07 Å². The van der Waals surface area contributed by atoms with Crippen molar-refractivity contribution in [2.24, 2.45) is 5.10 Å². The van der Waals surface area contributed by atoms with Gasteiger partial charge in [-0.1, -0.05) is 0 Å². The van der Waals surface area contributed by atoms with E-state index in [-0.39, 0.29) is 11.5 Å². The maximum atomic E-state index is 11.9. The van der Waals surface area contributed by atoms with E-state index in [9.17, 15) is 19.7 Å². The van der Waals surface area contributed by atoms with Crippen LogP contribution in [0.5, 0.6) is 5.75 Å². The van der Waals surface area contributed by atoms with Gasteiger partial charge in [-0.25, -0.2) is 10.2 Å². The molecule has 0 atom stereocenters. The summed E-state index contributed by atoms with van der Waals surface area (Å²) in [5.41, 5.74) is 2.53. The highest BCUT2D eigenvalue weighted by molar-refractivity contribution is 5.94. The molecule has 10 nitrogen and oxygen atoms in total. The molecule has 0 radical (unpaired) electrons. The molecule has 140 valence electrons. The van der Waals surface area contributed by atoms with Gasteiger partial charge in [0.25, 0.3) is 5.91 Å². The Hall–Kier alpha value is -4.34. The van der Waals surface area contributed by atoms with Gasteiger partial charge in [0, 0.05) is 29.6 Å². The predicted molar refractivity (Wildman–Crippen MR) is 96.1 cm³/mol. The molecule has 0 fully saturated rings. The number of hydrogen-bond donors (Lipinski definition) is 1. The maximum absolute atomic E-state index is 11.9. The maximum Gasteiger partial charge on any atom is 0.379 e. The summed E-state index contributed by atoms with van der Waals surface area (Å²) in [4.78, 5) is 38.2. The molecular weight excluding hydrogens is 368 g/mol. The number of hydrogen-bond acceptors (Lipinski definition) is 8. The van der Waals surface area contributed by atoms with E-state index in [1.54, 1.807) is 0 Å². The third kappa shape index (κ3) is 4.43. The van der Waals surface area contributed by atoms with Gasteiger partial charge in [0.1, 0.15) is 0 Å². The van der Waals surface area contributed by atoms with Crippen LogP contribution in [0.1, 0.15) is 26.5 Å². The Morgan fingerprint density at radius 3 is 2.68 bits per heavy atom. The number of ether oxygens (including phenoxy) is 1. The van der Waals surface area contributed by atoms with Crippen LogP contribution in [0, 0.1) is 10.1 Å². The van der Waals surface area contributed by atoms with Crippen LogP contribution in [0.2, 0.25) is 0 Å². The van der Waals surface area contributed by atoms with Crippen LogP contribution in [0.25, 0.3) is 0 Å². The van der Waals surface area contributed by atoms with E-state index in [1.807, 2.05) is 0 Å². The molecule has 0 spiro atoms. The van der Waals surface area contributed by atoms with E-state index in [4.69, 9.17) is 9.15 Å². The number of pyridine rings is 1. The summed E-state index contributed by atoms with van der Waals surface area (Å²) in [7, 11) is 0. The number of hydrazone groups is 1. The number of nitrogens with zero attached hydrogens (tertiary/aromatic N) is 3. The fourth-order valence-electron chi connectivity index (χ4n) is 2.12. The minimum Gasteiger partial charge on any atom is -0.457 e. The number of nitro benzene ring substituents is 1. The van der Waals surface area contributed by atoms with E-state index in [1.165, 1.54) is 61.3 Å². The number of nitrogens with one attached hydrogen (secondary N) is 1. The van der Waals surface area contributed by atoms with Crippen molar-refractivity contribution in [3.8, 4) is 5.75 Å². The predicted octanol–water partition coefficient (Wildman–Crippen LogP) is 2.57. The first-order valence-corrected chi connectivity index (χ1v) is 7.82. The smallest absolute Gasteiger partial charge is 0.379 e. The van der Waals surface area contributed by atoms with Gasteiger partial charge in [0.2, 0.25) is 11.5 Å². The number of benzene rings is 1. The summed E-state index contributed by atoms with van der Waals surface area (Å²) in [6, 6.07) is 9.75. The van der Waals surface area contributed by atoms with E-state index < -0.39 is 22.5 Å². The average Bonchev–Trinajstić information content (AvgIpc) is 3.24. The summed E-state index contributed by atoms with van der Waals surface area (Å²) in [5, 5.41) is 15.0. The van der Waals surface area contributed by atoms with Crippen LogP contribution < -0.4 is 10.2 Å². The molecule has 0 aliphatic rings. The quantitative estimate of drug-likeness (QED) is 0.228. The normalized spacial score (nSPS) is 10.6. The molecule has 10 heteroatoms. The second-order valence-corrected chi connectivity index (χ2v) is 5.29. The first-order valence-electron chi connectivity index (χ1n) is 7.82. The summed E-state index contributed by atoms with van der Waals surface area (Å²) in [6.07, 6.45) is 5.44. The molecule has 3 aromatic rings. The highest BCUT2D eigenvalue weighted by Crippen LogP contribution is 2.28. The molecule has 2 heterocycles. The van der Waals surface area contributed by atoms with Gasteiger partial charge in [0.15, 0.2) is 0 Å². The van der Waals surface area contributed by atoms with Crippen molar-refractivity contribution in [3.63, 3.8) is 0 Å². The molecule has 3 rings (SSSR count). The monoisotopic (exact) mass is 380 g/mol. The number of esters is 1. The van der Waals surface area contributed by atoms with Crippen LogP contribution in [0.15, 0.2) is 70.6 Å². The van der Waals surface area contributed by atoms with Crippen molar-refractivity contribution in [2.45, 2.75) is 0 Å². The van der Waals surface area contributed by atoms with Crippen LogP contribution in [-0.2, 0) is 0 Å². The zero-order valence-electron chi connectivity index (χ0n) is 14.1. The lowest BCUT2D eigenvalue weighted by Gasteiger charge is -2.04. The molecule has 1 N–H and O–H groups in total. The van der Waals surface area contributed by atoms with Gasteiger partial charge in [0.05, 0.1) is 17.4 Å². The second-order valence-electron chi connectivity index (χ2n) is 5.29. The highest BCUT2D eigenvalue weighted by Gasteiger charge is 2.20. The number of amides is 1. The molecule has 0 aliphatic heterocycles. The minimum absolute atomic E-state index is 0.0845. The van der Waals surface area contributed by atoms with E-state index >= 15 is 0 Å². The molecule has 0 saturated carbocycles. The van der Waals surface area contributed by atoms with Gasteiger partial charge >= 0.3 is 11.7 Å². The van der Waals surface area contributed by atoms with Crippen molar-refractivity contribution in [1.29, 1.82) is 0 Å². The molecule has 0 aliphatic carbocycles. The topological polar surface area (TPSA) is 137 Å². The van der Waals surface area contributed by atoms with Crippen molar-refractivity contribution >= 4 is 23.8 Å². The van der Waals surface area contributed by atoms with Gasteiger partial charge in [-0.3, -0.25) is 19.9 Å². The Labute approximate surface area is 157 Å². The lowest BCUT2D eigenvalue weighted by Crippen LogP contribution is -2.17. The van der Waals surface area contributed by atoms with Gasteiger partial charge in [-0.2, -0.15) is 5.10 Å². The average molecular weight is 380 g/mol. The fraction of sp³-hybridized carbons (Fsp3) is 0. The van der Waals surface area contributed by atoms with Crippen molar-refractivity contribution in [1.82, 2.24) is 10.4 Å². The van der Waals surface area contributed by atoms with Crippen LogP contribution in [0.4, 0.5) is 5.69 Å². The van der Waals surface area contributed by atoms with Crippen LogP contribution >= 0.6 is 0 Å². The lowest BCUT2D eigenvalue weighted by atomic mass is 10.2. The molecule has 0 bridgehead atoms. The number of furan rings is 1. The molecule has 1 amide bonds. The molecule has 0 saturated heterocycles. The number of carbonyl (C=O) groups excluding carboxylic acids is 2. The third-order valence-corrected chi connectivity index (χ3v) is 3.43. The molecule has 28 heavy (non-hydrogen) atoms. The number of aromatic nitrogens is 1. The Morgan fingerprint density at radius 2 is 2.00 bits per heavy atom. The Kier molecular flexibility index (Phi) is 5.51. The Balaban J connectivity index is 1.72. The minimum atomic E-state index is -0.862. The number of carbonyl (C=O) groups is 2. The van der Waals surface area contributed by atoms with Crippen LogP contribution in [-0.4, -0.2) is 28.0 Å². The summed E-state index contributed by atoms with van der Waals surface area (Å²) in [6.45, 7) is 0. The molecule has 1 aromatic carbocycles. The summed E-state index contributed by atoms with van der Waals surface area (Å²) in [5.74, 6) is -1.65. The van der Waals surface area contributed by atoms with Gasteiger partial charge in [-0.15, -0.1) is 0 Å². The molecule has 2 aromatic heterocycles. The molecular formula is C18H12N4O6.